The van der Waals surface area contributed by atoms with E-state index in [1.54, 1.807) is 31.3 Å². The zero-order valence-corrected chi connectivity index (χ0v) is 17.7. The van der Waals surface area contributed by atoms with Gasteiger partial charge in [-0.05, 0) is 38.1 Å². The van der Waals surface area contributed by atoms with Crippen molar-refractivity contribution >= 4 is 0 Å². The molecule has 2 bridgehead atoms. The third-order valence-electron chi connectivity index (χ3n) is 6.35. The summed E-state index contributed by atoms with van der Waals surface area (Å²) in [7, 11) is 3.51. The lowest BCUT2D eigenvalue weighted by Gasteiger charge is -2.49. The van der Waals surface area contributed by atoms with Crippen molar-refractivity contribution in [2.24, 2.45) is 13.0 Å². The third-order valence-corrected chi connectivity index (χ3v) is 6.35. The van der Waals surface area contributed by atoms with Crippen LogP contribution in [0.1, 0.15) is 12.8 Å². The molecule has 2 aliphatic heterocycles. The summed E-state index contributed by atoms with van der Waals surface area (Å²) < 4.78 is 22.0. The van der Waals surface area contributed by atoms with Crippen LogP contribution in [-0.2, 0) is 7.05 Å². The van der Waals surface area contributed by atoms with Crippen LogP contribution >= 0.6 is 0 Å². The highest BCUT2D eigenvalue weighted by molar-refractivity contribution is 5.71. The van der Waals surface area contributed by atoms with Gasteiger partial charge in [-0.2, -0.15) is 4.98 Å². The van der Waals surface area contributed by atoms with Crippen LogP contribution in [0.3, 0.4) is 0 Å². The molecule has 1 saturated carbocycles. The fourth-order valence-electron chi connectivity index (χ4n) is 4.59. The fourth-order valence-corrected chi connectivity index (χ4v) is 4.59. The van der Waals surface area contributed by atoms with Gasteiger partial charge in [-0.3, -0.25) is 9.47 Å². The van der Waals surface area contributed by atoms with Gasteiger partial charge in [0.15, 0.2) is 12.0 Å². The van der Waals surface area contributed by atoms with Gasteiger partial charge in [0.05, 0.1) is 5.69 Å². The number of aromatic nitrogens is 5. The third kappa shape index (κ3) is 3.60. The molecule has 3 aliphatic rings. The average molecular weight is 438 g/mol. The van der Waals surface area contributed by atoms with Crippen LogP contribution in [0.25, 0.3) is 22.6 Å². The summed E-state index contributed by atoms with van der Waals surface area (Å²) in [6, 6.07) is 8.02. The lowest BCUT2D eigenvalue weighted by molar-refractivity contribution is -0.0891. The minimum absolute atomic E-state index is 0.0498. The van der Waals surface area contributed by atoms with Gasteiger partial charge in [0.25, 0.3) is 0 Å². The maximum absolute atomic E-state index is 14.8. The lowest BCUT2D eigenvalue weighted by atomic mass is 9.76. The number of hydrogen-bond acceptors (Lipinski definition) is 8. The van der Waals surface area contributed by atoms with Crippen molar-refractivity contribution in [1.82, 2.24) is 29.6 Å². The van der Waals surface area contributed by atoms with E-state index in [9.17, 15) is 14.3 Å². The first-order chi connectivity index (χ1) is 15.4. The van der Waals surface area contributed by atoms with E-state index in [1.807, 2.05) is 7.05 Å². The molecule has 166 valence electrons. The van der Waals surface area contributed by atoms with E-state index >= 15 is 0 Å². The van der Waals surface area contributed by atoms with Gasteiger partial charge in [-0.15, -0.1) is 10.2 Å². The number of aromatic hydroxyl groups is 1. The van der Waals surface area contributed by atoms with E-state index < -0.39 is 18.0 Å². The van der Waals surface area contributed by atoms with E-state index in [2.05, 4.69) is 25.1 Å². The van der Waals surface area contributed by atoms with Crippen molar-refractivity contribution in [2.45, 2.75) is 31.2 Å². The molecule has 32 heavy (non-hydrogen) atoms. The summed E-state index contributed by atoms with van der Waals surface area (Å²) in [6.45, 7) is 0.818. The summed E-state index contributed by atoms with van der Waals surface area (Å²) in [4.78, 5) is 21.8. The van der Waals surface area contributed by atoms with Crippen molar-refractivity contribution in [3.8, 4) is 34.3 Å². The Kier molecular flexibility index (Phi) is 5.09. The number of fused-ring (bicyclic) bond motifs is 3. The molecular weight excluding hydrogens is 415 g/mol. The average Bonchev–Trinajstić information content (AvgIpc) is 2.78. The molecule has 2 aromatic heterocycles. The molecule has 4 atom stereocenters. The molecule has 1 aliphatic carbocycles. The fraction of sp³-hybridized carbons (Fsp3) is 0.409. The van der Waals surface area contributed by atoms with Crippen molar-refractivity contribution in [2.75, 3.05) is 13.6 Å². The molecular formula is C22H23FN6O3. The van der Waals surface area contributed by atoms with E-state index in [4.69, 9.17) is 4.74 Å². The van der Waals surface area contributed by atoms with Crippen LogP contribution in [0.4, 0.5) is 4.39 Å². The topological polar surface area (TPSA) is 106 Å². The molecule has 2 saturated heterocycles. The van der Waals surface area contributed by atoms with Gasteiger partial charge in [0.1, 0.15) is 18.2 Å². The van der Waals surface area contributed by atoms with Crippen molar-refractivity contribution in [3.63, 3.8) is 0 Å². The largest absolute Gasteiger partial charge is 0.507 e. The Hall–Kier alpha value is -3.40. The summed E-state index contributed by atoms with van der Waals surface area (Å²) in [5.74, 6) is 0.570. The summed E-state index contributed by atoms with van der Waals surface area (Å²) in [5, 5.41) is 18.7. The summed E-state index contributed by atoms with van der Waals surface area (Å²) in [5.41, 5.74) is 0.961. The number of aryl methyl sites for hydroxylation is 1. The number of phenolic OH excluding ortho intramolecular Hbond substituents is 1. The zero-order valence-electron chi connectivity index (χ0n) is 17.7. The maximum Gasteiger partial charge on any atom is 0.350 e. The molecule has 1 N–H and O–H groups in total. The molecule has 9 nitrogen and oxygen atoms in total. The number of halogens is 1. The van der Waals surface area contributed by atoms with Gasteiger partial charge >= 0.3 is 5.69 Å². The molecule has 3 aromatic rings. The van der Waals surface area contributed by atoms with Gasteiger partial charge in [0, 0.05) is 42.7 Å². The molecule has 3 fully saturated rings. The Labute approximate surface area is 183 Å². The number of phenols is 1. The number of rotatable bonds is 4. The SMILES string of the molecule is CN1C[C@H]2CC[C@H]1[C@H](F)[C@H]2Oc1ccc(-c2ccc(-c3ncn(C)c(=O)n3)cc2O)nn1. The van der Waals surface area contributed by atoms with Crippen molar-refractivity contribution in [3.05, 3.63) is 47.1 Å². The molecule has 6 rings (SSSR count). The van der Waals surface area contributed by atoms with E-state index in [1.165, 1.54) is 17.0 Å². The normalized spacial score (nSPS) is 25.1. The van der Waals surface area contributed by atoms with E-state index in [0.717, 1.165) is 19.4 Å². The second kappa shape index (κ2) is 7.94. The minimum atomic E-state index is -1.05. The number of ether oxygens (including phenoxy) is 1. The Balaban J connectivity index is 1.34. The number of benzene rings is 1. The molecule has 0 radical (unpaired) electrons. The van der Waals surface area contributed by atoms with Crippen LogP contribution in [0.2, 0.25) is 0 Å². The second-order valence-electron chi connectivity index (χ2n) is 8.43. The van der Waals surface area contributed by atoms with Crippen LogP contribution in [0.15, 0.2) is 41.5 Å². The van der Waals surface area contributed by atoms with Gasteiger partial charge in [-0.25, -0.2) is 14.2 Å². The second-order valence-corrected chi connectivity index (χ2v) is 8.43. The number of piperidine rings is 2. The summed E-state index contributed by atoms with van der Waals surface area (Å²) in [6.07, 6.45) is 1.60. The monoisotopic (exact) mass is 438 g/mol. The molecule has 10 heteroatoms. The first-order valence-electron chi connectivity index (χ1n) is 10.5. The van der Waals surface area contributed by atoms with E-state index in [0.29, 0.717) is 16.8 Å². The van der Waals surface area contributed by atoms with Crippen molar-refractivity contribution in [1.29, 1.82) is 0 Å². The van der Waals surface area contributed by atoms with Crippen LogP contribution < -0.4 is 10.4 Å². The van der Waals surface area contributed by atoms with Crippen LogP contribution in [0.5, 0.6) is 11.6 Å². The number of nitrogens with zero attached hydrogens (tertiary/aromatic N) is 6. The highest BCUT2D eigenvalue weighted by Crippen LogP contribution is 2.38. The Morgan fingerprint density at radius 2 is 2.00 bits per heavy atom. The Bertz CT molecular complexity index is 1200. The highest BCUT2D eigenvalue weighted by Gasteiger charge is 2.48. The molecule has 0 unspecified atom stereocenters. The first kappa shape index (κ1) is 20.5. The molecule has 0 spiro atoms. The number of alkyl halides is 1. The predicted octanol–water partition coefficient (Wildman–Crippen LogP) is 1.81. The van der Waals surface area contributed by atoms with Crippen molar-refractivity contribution < 1.29 is 14.2 Å². The quantitative estimate of drug-likeness (QED) is 0.658. The summed E-state index contributed by atoms with van der Waals surface area (Å²) >= 11 is 0. The lowest BCUT2D eigenvalue weighted by Crippen LogP contribution is -2.61. The Morgan fingerprint density at radius 1 is 1.16 bits per heavy atom. The highest BCUT2D eigenvalue weighted by atomic mass is 19.1. The maximum atomic E-state index is 14.8. The van der Waals surface area contributed by atoms with E-state index in [-0.39, 0.29) is 29.4 Å². The van der Waals surface area contributed by atoms with Crippen LogP contribution in [0, 0.1) is 5.92 Å². The van der Waals surface area contributed by atoms with Gasteiger partial charge < -0.3 is 9.84 Å². The molecule has 4 heterocycles. The van der Waals surface area contributed by atoms with Gasteiger partial charge in [-0.1, -0.05) is 6.07 Å². The number of hydrogen-bond donors (Lipinski definition) is 1. The van der Waals surface area contributed by atoms with Crippen LogP contribution in [-0.4, -0.2) is 66.6 Å². The minimum Gasteiger partial charge on any atom is -0.507 e. The standard InChI is InChI=1S/C22H23FN6O3/c1-28-10-13-4-7-16(28)19(23)20(13)32-18-8-6-15(26-27-18)14-5-3-12(9-17(14)30)21-24-11-29(2)22(31)25-21/h3,5-6,8-9,11,13,16,19-20,30H,4,7,10H2,1-2H3/t13-,16+,19+,20+/m1/s1. The van der Waals surface area contributed by atoms with Gasteiger partial charge in [0.2, 0.25) is 5.88 Å². The predicted molar refractivity (Wildman–Crippen MR) is 114 cm³/mol. The Morgan fingerprint density at radius 3 is 2.66 bits per heavy atom. The molecule has 0 amide bonds. The smallest absolute Gasteiger partial charge is 0.350 e. The first-order valence-corrected chi connectivity index (χ1v) is 10.5. The molecule has 1 aromatic carbocycles. The zero-order chi connectivity index (χ0) is 22.4.